The number of fused-ring (bicyclic) bond motifs is 2. The number of aryl methyl sites for hydroxylation is 1. The maximum Gasteiger partial charge on any atom is 0.417 e. The van der Waals surface area contributed by atoms with Crippen molar-refractivity contribution in [2.24, 2.45) is 0 Å². The Morgan fingerprint density at radius 3 is 2.56 bits per heavy atom. The molecule has 2 heterocycles. The zero-order valence-corrected chi connectivity index (χ0v) is 18.8. The summed E-state index contributed by atoms with van der Waals surface area (Å²) in [6.07, 6.45) is -4.01. The lowest BCUT2D eigenvalue weighted by atomic mass is 9.92. The average molecular weight is 488 g/mol. The molecule has 1 aromatic heterocycles. The summed E-state index contributed by atoms with van der Waals surface area (Å²) in [6, 6.07) is 13.2. The maximum atomic E-state index is 13.2. The van der Waals surface area contributed by atoms with Crippen molar-refractivity contribution in [1.82, 2.24) is 9.29 Å². The molecule has 1 aliphatic rings. The Hall–Kier alpha value is -3.37. The van der Waals surface area contributed by atoms with Crippen molar-refractivity contribution in [3.8, 4) is 11.1 Å². The van der Waals surface area contributed by atoms with Crippen LogP contribution in [0.1, 0.15) is 22.3 Å². The van der Waals surface area contributed by atoms with Crippen LogP contribution in [0.4, 0.5) is 13.2 Å². The maximum absolute atomic E-state index is 13.2. The van der Waals surface area contributed by atoms with E-state index >= 15 is 0 Å². The highest BCUT2D eigenvalue weighted by atomic mass is 32.2. The standard InChI is InChI=1S/C24H19F3N2O4S/c1-14-2-5-18(24(25,26)27)11-20(14)16-3-4-17-13-29(9-8-15(17)10-16)34(31,32)19-6-7-21-22(12-19)33-23(30)28-21/h2-7,10-12H,8-9,13H2,1H3,(H,28,30). The van der Waals surface area contributed by atoms with E-state index in [1.807, 2.05) is 6.07 Å². The second-order valence-electron chi connectivity index (χ2n) is 8.27. The fraction of sp³-hybridized carbons (Fsp3) is 0.208. The van der Waals surface area contributed by atoms with Crippen LogP contribution in [0.15, 0.2) is 68.7 Å². The normalized spacial score (nSPS) is 14.9. The fourth-order valence-electron chi connectivity index (χ4n) is 4.24. The highest BCUT2D eigenvalue weighted by molar-refractivity contribution is 7.89. The zero-order valence-electron chi connectivity index (χ0n) is 17.9. The highest BCUT2D eigenvalue weighted by Crippen LogP contribution is 2.35. The lowest BCUT2D eigenvalue weighted by Gasteiger charge is -2.28. The molecular formula is C24H19F3N2O4S. The van der Waals surface area contributed by atoms with Crippen LogP contribution >= 0.6 is 0 Å². The molecule has 176 valence electrons. The number of sulfonamides is 1. The summed E-state index contributed by atoms with van der Waals surface area (Å²) < 4.78 is 72.3. The van der Waals surface area contributed by atoms with Crippen molar-refractivity contribution in [3.63, 3.8) is 0 Å². The van der Waals surface area contributed by atoms with Crippen LogP contribution in [0.2, 0.25) is 0 Å². The minimum atomic E-state index is -4.43. The number of aromatic nitrogens is 1. The van der Waals surface area contributed by atoms with Gasteiger partial charge in [-0.3, -0.25) is 4.98 Å². The second kappa shape index (κ2) is 7.85. The molecule has 0 amide bonds. The first-order chi connectivity index (χ1) is 16.0. The minimum Gasteiger partial charge on any atom is -0.408 e. The molecular weight excluding hydrogens is 469 g/mol. The van der Waals surface area contributed by atoms with Crippen LogP contribution in [0.25, 0.3) is 22.2 Å². The van der Waals surface area contributed by atoms with Gasteiger partial charge in [0.1, 0.15) is 0 Å². The molecule has 6 nitrogen and oxygen atoms in total. The zero-order chi connectivity index (χ0) is 24.3. The Morgan fingerprint density at radius 1 is 1.00 bits per heavy atom. The summed E-state index contributed by atoms with van der Waals surface area (Å²) in [5.74, 6) is -0.664. The summed E-state index contributed by atoms with van der Waals surface area (Å²) in [5.41, 5.74) is 3.42. The molecule has 0 radical (unpaired) electrons. The van der Waals surface area contributed by atoms with Gasteiger partial charge >= 0.3 is 11.9 Å². The molecule has 0 fully saturated rings. The summed E-state index contributed by atoms with van der Waals surface area (Å²) >= 11 is 0. The van der Waals surface area contributed by atoms with Crippen molar-refractivity contribution in [2.75, 3.05) is 6.54 Å². The van der Waals surface area contributed by atoms with E-state index in [0.717, 1.165) is 28.8 Å². The van der Waals surface area contributed by atoms with Gasteiger partial charge in [-0.2, -0.15) is 17.5 Å². The lowest BCUT2D eigenvalue weighted by Crippen LogP contribution is -2.35. The summed E-state index contributed by atoms with van der Waals surface area (Å²) in [7, 11) is -3.85. The number of aromatic amines is 1. The quantitative estimate of drug-likeness (QED) is 0.446. The molecule has 1 N–H and O–H groups in total. The monoisotopic (exact) mass is 488 g/mol. The van der Waals surface area contributed by atoms with Gasteiger partial charge in [0.2, 0.25) is 10.0 Å². The number of nitrogens with one attached hydrogen (secondary N) is 1. The molecule has 0 saturated heterocycles. The van der Waals surface area contributed by atoms with E-state index in [4.69, 9.17) is 4.42 Å². The number of benzene rings is 3. The number of nitrogens with zero attached hydrogens (tertiary/aromatic N) is 1. The Kier molecular flexibility index (Phi) is 5.18. The number of oxazole rings is 1. The number of halogens is 3. The SMILES string of the molecule is Cc1ccc(C(F)(F)F)cc1-c1ccc2c(c1)CCN(S(=O)(=O)c1ccc3[nH]c(=O)oc3c1)C2. The highest BCUT2D eigenvalue weighted by Gasteiger charge is 2.32. The predicted molar refractivity (Wildman–Crippen MR) is 120 cm³/mol. The summed E-state index contributed by atoms with van der Waals surface area (Å²) in [5, 5.41) is 0. The smallest absolute Gasteiger partial charge is 0.408 e. The number of hydrogen-bond donors (Lipinski definition) is 1. The van der Waals surface area contributed by atoms with Gasteiger partial charge in [-0.15, -0.1) is 0 Å². The second-order valence-corrected chi connectivity index (χ2v) is 10.2. The van der Waals surface area contributed by atoms with Crippen LogP contribution in [-0.4, -0.2) is 24.3 Å². The van der Waals surface area contributed by atoms with Gasteiger partial charge in [0.25, 0.3) is 0 Å². The molecule has 10 heteroatoms. The number of alkyl halides is 3. The third-order valence-corrected chi connectivity index (χ3v) is 7.93. The van der Waals surface area contributed by atoms with Crippen LogP contribution in [0.5, 0.6) is 0 Å². The van der Waals surface area contributed by atoms with E-state index in [9.17, 15) is 26.4 Å². The molecule has 4 aromatic rings. The summed E-state index contributed by atoms with van der Waals surface area (Å²) in [6.45, 7) is 2.11. The molecule has 0 atom stereocenters. The molecule has 0 unspecified atom stereocenters. The number of hydrogen-bond acceptors (Lipinski definition) is 4. The van der Waals surface area contributed by atoms with Crippen molar-refractivity contribution < 1.29 is 26.0 Å². The summed E-state index contributed by atoms with van der Waals surface area (Å²) in [4.78, 5) is 13.9. The van der Waals surface area contributed by atoms with E-state index in [0.29, 0.717) is 23.1 Å². The molecule has 5 rings (SSSR count). The number of H-pyrrole nitrogens is 1. The van der Waals surface area contributed by atoms with Gasteiger partial charge in [-0.25, -0.2) is 13.2 Å². The Balaban J connectivity index is 1.45. The number of rotatable bonds is 3. The molecule has 0 spiro atoms. The molecule has 3 aromatic carbocycles. The topological polar surface area (TPSA) is 83.4 Å². The van der Waals surface area contributed by atoms with Crippen LogP contribution in [0, 0.1) is 6.92 Å². The van der Waals surface area contributed by atoms with E-state index in [1.165, 1.54) is 28.6 Å². The van der Waals surface area contributed by atoms with Crippen LogP contribution in [0.3, 0.4) is 0 Å². The Labute approximate surface area is 192 Å². The molecule has 1 aliphatic heterocycles. The third kappa shape index (κ3) is 3.92. The van der Waals surface area contributed by atoms with Crippen molar-refractivity contribution >= 4 is 21.1 Å². The molecule has 0 saturated carbocycles. The van der Waals surface area contributed by atoms with Gasteiger partial charge < -0.3 is 4.42 Å². The largest absolute Gasteiger partial charge is 0.417 e. The van der Waals surface area contributed by atoms with E-state index < -0.39 is 27.5 Å². The minimum absolute atomic E-state index is 0.0161. The van der Waals surface area contributed by atoms with Gasteiger partial charge in [0.15, 0.2) is 5.58 Å². The first-order valence-electron chi connectivity index (χ1n) is 10.5. The Morgan fingerprint density at radius 2 is 1.79 bits per heavy atom. The van der Waals surface area contributed by atoms with Crippen molar-refractivity contribution in [2.45, 2.75) is 31.0 Å². The van der Waals surface area contributed by atoms with E-state index in [1.54, 1.807) is 19.1 Å². The molecule has 34 heavy (non-hydrogen) atoms. The molecule has 0 bridgehead atoms. The first-order valence-corrected chi connectivity index (χ1v) is 11.9. The average Bonchev–Trinajstić information content (AvgIpc) is 3.17. The van der Waals surface area contributed by atoms with Crippen LogP contribution < -0.4 is 5.76 Å². The molecule has 0 aliphatic carbocycles. The van der Waals surface area contributed by atoms with Crippen molar-refractivity contribution in [1.29, 1.82) is 0 Å². The third-order valence-electron chi connectivity index (χ3n) is 6.09. The van der Waals surface area contributed by atoms with Gasteiger partial charge in [-0.1, -0.05) is 24.3 Å². The van der Waals surface area contributed by atoms with Gasteiger partial charge in [0.05, 0.1) is 16.0 Å². The Bertz CT molecular complexity index is 1590. The van der Waals surface area contributed by atoms with Crippen molar-refractivity contribution in [3.05, 3.63) is 87.4 Å². The predicted octanol–water partition coefficient (Wildman–Crippen LogP) is 4.86. The van der Waals surface area contributed by atoms with Gasteiger partial charge in [-0.05, 0) is 65.4 Å². The first kappa shape index (κ1) is 22.4. The van der Waals surface area contributed by atoms with Crippen LogP contribution in [-0.2, 0) is 29.2 Å². The fourth-order valence-corrected chi connectivity index (χ4v) is 5.68. The van der Waals surface area contributed by atoms with Gasteiger partial charge in [0, 0.05) is 19.2 Å². The van der Waals surface area contributed by atoms with E-state index in [2.05, 4.69) is 4.98 Å². The lowest BCUT2D eigenvalue weighted by molar-refractivity contribution is -0.137. The van der Waals surface area contributed by atoms with E-state index in [-0.39, 0.29) is 23.6 Å².